The highest BCUT2D eigenvalue weighted by molar-refractivity contribution is 6.35. The summed E-state index contributed by atoms with van der Waals surface area (Å²) in [6.45, 7) is 4.73. The van der Waals surface area contributed by atoms with Crippen LogP contribution < -0.4 is 4.74 Å². The molecule has 1 aliphatic rings. The van der Waals surface area contributed by atoms with Gasteiger partial charge in [-0.25, -0.2) is 0 Å². The SMILES string of the molecule is O=C(CCCOc1ccc(Cl)cc1Cl)N1CCN(C/C=C/c2ccccc2)CC1. The predicted molar refractivity (Wildman–Crippen MR) is 120 cm³/mol. The molecule has 1 saturated heterocycles. The number of hydrogen-bond donors (Lipinski definition) is 0. The molecule has 0 radical (unpaired) electrons. The lowest BCUT2D eigenvalue weighted by molar-refractivity contribution is -0.133. The Morgan fingerprint density at radius 2 is 1.79 bits per heavy atom. The molecule has 29 heavy (non-hydrogen) atoms. The maximum absolute atomic E-state index is 12.4. The summed E-state index contributed by atoms with van der Waals surface area (Å²) in [6, 6.07) is 15.4. The van der Waals surface area contributed by atoms with Crippen LogP contribution in [-0.2, 0) is 4.79 Å². The van der Waals surface area contributed by atoms with Crippen LogP contribution in [0.2, 0.25) is 10.0 Å². The van der Waals surface area contributed by atoms with Crippen molar-refractivity contribution in [3.05, 3.63) is 70.2 Å². The molecule has 3 rings (SSSR count). The third kappa shape index (κ3) is 7.07. The third-order valence-electron chi connectivity index (χ3n) is 4.88. The maximum atomic E-state index is 12.4. The van der Waals surface area contributed by atoms with E-state index < -0.39 is 0 Å². The molecule has 0 aliphatic carbocycles. The quantitative estimate of drug-likeness (QED) is 0.549. The van der Waals surface area contributed by atoms with E-state index in [1.54, 1.807) is 18.2 Å². The van der Waals surface area contributed by atoms with Crippen molar-refractivity contribution in [2.45, 2.75) is 12.8 Å². The van der Waals surface area contributed by atoms with Gasteiger partial charge in [0.15, 0.2) is 0 Å². The lowest BCUT2D eigenvalue weighted by Gasteiger charge is -2.34. The minimum atomic E-state index is 0.190. The molecule has 2 aromatic carbocycles. The van der Waals surface area contributed by atoms with Gasteiger partial charge in [0.05, 0.1) is 11.6 Å². The molecule has 2 aromatic rings. The maximum Gasteiger partial charge on any atom is 0.222 e. The lowest BCUT2D eigenvalue weighted by atomic mass is 10.2. The van der Waals surface area contributed by atoms with E-state index in [4.69, 9.17) is 27.9 Å². The number of rotatable bonds is 8. The van der Waals surface area contributed by atoms with Crippen molar-refractivity contribution in [3.63, 3.8) is 0 Å². The molecule has 4 nitrogen and oxygen atoms in total. The van der Waals surface area contributed by atoms with Crippen molar-refractivity contribution in [2.75, 3.05) is 39.3 Å². The number of benzene rings is 2. The number of piperazine rings is 1. The van der Waals surface area contributed by atoms with Gasteiger partial charge in [0.2, 0.25) is 5.91 Å². The van der Waals surface area contributed by atoms with E-state index in [1.807, 2.05) is 23.1 Å². The zero-order chi connectivity index (χ0) is 20.5. The van der Waals surface area contributed by atoms with Crippen molar-refractivity contribution in [3.8, 4) is 5.75 Å². The van der Waals surface area contributed by atoms with E-state index in [1.165, 1.54) is 5.56 Å². The van der Waals surface area contributed by atoms with Gasteiger partial charge >= 0.3 is 0 Å². The highest BCUT2D eigenvalue weighted by atomic mass is 35.5. The van der Waals surface area contributed by atoms with Crippen molar-refractivity contribution in [2.24, 2.45) is 0 Å². The van der Waals surface area contributed by atoms with Gasteiger partial charge < -0.3 is 9.64 Å². The van der Waals surface area contributed by atoms with Gasteiger partial charge in [-0.1, -0.05) is 65.7 Å². The fraction of sp³-hybridized carbons (Fsp3) is 0.348. The molecule has 1 aliphatic heterocycles. The van der Waals surface area contributed by atoms with E-state index in [9.17, 15) is 4.79 Å². The van der Waals surface area contributed by atoms with Crippen LogP contribution >= 0.6 is 23.2 Å². The van der Waals surface area contributed by atoms with Gasteiger partial charge in [-0.2, -0.15) is 0 Å². The summed E-state index contributed by atoms with van der Waals surface area (Å²) in [6.07, 6.45) is 5.48. The van der Waals surface area contributed by atoms with Crippen LogP contribution in [0.1, 0.15) is 18.4 Å². The Balaban J connectivity index is 1.32. The monoisotopic (exact) mass is 432 g/mol. The van der Waals surface area contributed by atoms with Crippen LogP contribution in [-0.4, -0.2) is 55.0 Å². The number of amides is 1. The number of halogens is 2. The molecule has 0 N–H and O–H groups in total. The minimum Gasteiger partial charge on any atom is -0.492 e. The van der Waals surface area contributed by atoms with Gasteiger partial charge in [-0.3, -0.25) is 9.69 Å². The summed E-state index contributed by atoms with van der Waals surface area (Å²) >= 11 is 12.0. The lowest BCUT2D eigenvalue weighted by Crippen LogP contribution is -2.48. The Kier molecular flexibility index (Phi) is 8.41. The molecule has 0 saturated carbocycles. The summed E-state index contributed by atoms with van der Waals surface area (Å²) in [7, 11) is 0. The summed E-state index contributed by atoms with van der Waals surface area (Å²) in [5.74, 6) is 0.788. The average molecular weight is 433 g/mol. The van der Waals surface area contributed by atoms with E-state index in [2.05, 4.69) is 29.2 Å². The van der Waals surface area contributed by atoms with E-state index in [-0.39, 0.29) is 5.91 Å². The largest absolute Gasteiger partial charge is 0.492 e. The number of carbonyl (C=O) groups is 1. The molecule has 6 heteroatoms. The topological polar surface area (TPSA) is 32.8 Å². The van der Waals surface area contributed by atoms with Crippen LogP contribution in [0.4, 0.5) is 0 Å². The van der Waals surface area contributed by atoms with Crippen LogP contribution in [0.25, 0.3) is 6.08 Å². The van der Waals surface area contributed by atoms with E-state index in [0.717, 1.165) is 32.7 Å². The van der Waals surface area contributed by atoms with Crippen LogP contribution in [0.5, 0.6) is 5.75 Å². The molecular formula is C23H26Cl2N2O2. The normalized spacial score (nSPS) is 15.0. The van der Waals surface area contributed by atoms with Crippen molar-refractivity contribution < 1.29 is 9.53 Å². The standard InChI is InChI=1S/C23H26Cl2N2O2/c24-20-10-11-22(21(25)18-20)29-17-5-9-23(28)27-15-13-26(14-16-27)12-4-8-19-6-2-1-3-7-19/h1-4,6-8,10-11,18H,5,9,12-17H2/b8-4+. The summed E-state index contributed by atoms with van der Waals surface area (Å²) in [5.41, 5.74) is 1.21. The highest BCUT2D eigenvalue weighted by Crippen LogP contribution is 2.27. The van der Waals surface area contributed by atoms with Gasteiger partial charge in [0.25, 0.3) is 0 Å². The zero-order valence-corrected chi connectivity index (χ0v) is 17.9. The Morgan fingerprint density at radius 3 is 2.52 bits per heavy atom. The zero-order valence-electron chi connectivity index (χ0n) is 16.4. The molecule has 0 atom stereocenters. The van der Waals surface area contributed by atoms with Gasteiger partial charge in [-0.05, 0) is 30.2 Å². The molecule has 0 unspecified atom stereocenters. The van der Waals surface area contributed by atoms with Gasteiger partial charge in [0.1, 0.15) is 5.75 Å². The Hall–Kier alpha value is -2.01. The number of ether oxygens (including phenoxy) is 1. The smallest absolute Gasteiger partial charge is 0.222 e. The average Bonchev–Trinajstić information content (AvgIpc) is 2.73. The van der Waals surface area contributed by atoms with Crippen molar-refractivity contribution >= 4 is 35.2 Å². The fourth-order valence-corrected chi connectivity index (χ4v) is 3.70. The van der Waals surface area contributed by atoms with Crippen LogP contribution in [0.15, 0.2) is 54.6 Å². The molecule has 1 amide bonds. The van der Waals surface area contributed by atoms with E-state index >= 15 is 0 Å². The minimum absolute atomic E-state index is 0.190. The Bertz CT molecular complexity index is 819. The first-order valence-electron chi connectivity index (χ1n) is 9.91. The van der Waals surface area contributed by atoms with Crippen molar-refractivity contribution in [1.82, 2.24) is 9.80 Å². The molecule has 0 bridgehead atoms. The first-order valence-corrected chi connectivity index (χ1v) is 10.7. The molecule has 1 heterocycles. The highest BCUT2D eigenvalue weighted by Gasteiger charge is 2.20. The van der Waals surface area contributed by atoms with Crippen LogP contribution in [0.3, 0.4) is 0 Å². The van der Waals surface area contributed by atoms with Crippen molar-refractivity contribution in [1.29, 1.82) is 0 Å². The summed E-state index contributed by atoms with van der Waals surface area (Å²) in [5, 5.41) is 1.06. The second-order valence-corrected chi connectivity index (χ2v) is 7.86. The predicted octanol–water partition coefficient (Wildman–Crippen LogP) is 5.01. The van der Waals surface area contributed by atoms with Crippen LogP contribution in [0, 0.1) is 0 Å². The Morgan fingerprint density at radius 1 is 1.03 bits per heavy atom. The summed E-state index contributed by atoms with van der Waals surface area (Å²) in [4.78, 5) is 16.7. The third-order valence-corrected chi connectivity index (χ3v) is 5.42. The number of hydrogen-bond acceptors (Lipinski definition) is 3. The molecule has 0 aromatic heterocycles. The van der Waals surface area contributed by atoms with Gasteiger partial charge in [0, 0.05) is 44.2 Å². The number of nitrogens with zero attached hydrogens (tertiary/aromatic N) is 2. The summed E-state index contributed by atoms with van der Waals surface area (Å²) < 4.78 is 5.65. The Labute approximate surface area is 182 Å². The number of carbonyl (C=O) groups excluding carboxylic acids is 1. The molecule has 154 valence electrons. The molecular weight excluding hydrogens is 407 g/mol. The van der Waals surface area contributed by atoms with Gasteiger partial charge in [-0.15, -0.1) is 0 Å². The second kappa shape index (κ2) is 11.2. The fourth-order valence-electron chi connectivity index (χ4n) is 3.24. The van der Waals surface area contributed by atoms with E-state index in [0.29, 0.717) is 35.2 Å². The molecule has 1 fully saturated rings. The second-order valence-electron chi connectivity index (χ2n) is 7.02. The first kappa shape index (κ1) is 21.7. The first-order chi connectivity index (χ1) is 14.1. The molecule has 0 spiro atoms.